The molecule has 1 N–H and O–H groups in total. The van der Waals surface area contributed by atoms with Gasteiger partial charge in [-0.05, 0) is 5.92 Å². The number of nitrogens with one attached hydrogen (secondary N) is 1. The third kappa shape index (κ3) is 5.48. The summed E-state index contributed by atoms with van der Waals surface area (Å²) < 4.78 is 0. The van der Waals surface area contributed by atoms with Gasteiger partial charge in [0.05, 0.1) is 6.07 Å². The number of carbonyl (C=O) groups is 2. The number of nitrogens with zero attached hydrogens (tertiary/aromatic N) is 1. The van der Waals surface area contributed by atoms with Crippen LogP contribution in [0.1, 0.15) is 46.0 Å². The quantitative estimate of drug-likeness (QED) is 0.658. The molecule has 0 aliphatic carbocycles. The lowest BCUT2D eigenvalue weighted by Crippen LogP contribution is -2.32. The molecule has 0 spiro atoms. The van der Waals surface area contributed by atoms with Crippen molar-refractivity contribution in [1.82, 2.24) is 5.32 Å². The zero-order valence-corrected chi connectivity index (χ0v) is 11.0. The van der Waals surface area contributed by atoms with Gasteiger partial charge >= 0.3 is 0 Å². The summed E-state index contributed by atoms with van der Waals surface area (Å²) >= 11 is 0. The van der Waals surface area contributed by atoms with E-state index in [-0.39, 0.29) is 5.78 Å². The zero-order chi connectivity index (χ0) is 13.3. The van der Waals surface area contributed by atoms with E-state index in [9.17, 15) is 9.59 Å². The molecule has 17 heavy (non-hydrogen) atoms. The van der Waals surface area contributed by atoms with Crippen LogP contribution in [-0.4, -0.2) is 18.7 Å². The van der Waals surface area contributed by atoms with Gasteiger partial charge in [-0.15, -0.1) is 0 Å². The first-order valence-electron chi connectivity index (χ1n) is 6.24. The van der Waals surface area contributed by atoms with Gasteiger partial charge in [0, 0.05) is 13.5 Å². The molecular formula is C13H22N2O2. The second-order valence-corrected chi connectivity index (χ2v) is 4.26. The highest BCUT2D eigenvalue weighted by Crippen LogP contribution is 2.19. The Labute approximate surface area is 103 Å². The van der Waals surface area contributed by atoms with Gasteiger partial charge in [0.25, 0.3) is 0 Å². The van der Waals surface area contributed by atoms with E-state index in [1.807, 2.05) is 6.92 Å². The first kappa shape index (κ1) is 15.6. The van der Waals surface area contributed by atoms with Crippen molar-refractivity contribution in [3.05, 3.63) is 0 Å². The van der Waals surface area contributed by atoms with Crippen molar-refractivity contribution in [1.29, 1.82) is 5.26 Å². The van der Waals surface area contributed by atoms with Crippen molar-refractivity contribution in [2.45, 2.75) is 46.0 Å². The molecule has 0 bridgehead atoms. The molecule has 0 saturated heterocycles. The molecule has 0 unspecified atom stereocenters. The van der Waals surface area contributed by atoms with Gasteiger partial charge in [0.1, 0.15) is 0 Å². The third-order valence-corrected chi connectivity index (χ3v) is 2.99. The average Bonchev–Trinajstić information content (AvgIpc) is 2.34. The van der Waals surface area contributed by atoms with Crippen molar-refractivity contribution < 1.29 is 9.59 Å². The van der Waals surface area contributed by atoms with Crippen molar-refractivity contribution in [2.24, 2.45) is 11.8 Å². The van der Waals surface area contributed by atoms with Crippen molar-refractivity contribution in [2.75, 3.05) is 7.05 Å². The minimum atomic E-state index is -1.14. The van der Waals surface area contributed by atoms with Gasteiger partial charge in [-0.1, -0.05) is 39.5 Å². The molecule has 96 valence electrons. The topological polar surface area (TPSA) is 70.0 Å². The summed E-state index contributed by atoms with van der Waals surface area (Å²) in [5.41, 5.74) is 0. The van der Waals surface area contributed by atoms with Gasteiger partial charge in [-0.2, -0.15) is 5.26 Å². The Hall–Kier alpha value is -1.37. The van der Waals surface area contributed by atoms with Crippen LogP contribution < -0.4 is 5.32 Å². The normalized spacial score (nSPS) is 13.5. The van der Waals surface area contributed by atoms with Crippen LogP contribution in [0.15, 0.2) is 0 Å². The zero-order valence-electron chi connectivity index (χ0n) is 11.0. The molecule has 0 rings (SSSR count). The smallest absolute Gasteiger partial charge is 0.244 e. The molecule has 1 amide bonds. The van der Waals surface area contributed by atoms with Crippen LogP contribution in [0.3, 0.4) is 0 Å². The van der Waals surface area contributed by atoms with Gasteiger partial charge < -0.3 is 5.32 Å². The van der Waals surface area contributed by atoms with Crippen LogP contribution in [0.2, 0.25) is 0 Å². The standard InChI is InChI=1S/C13H22N2O2/c1-4-6-7-10(5-2)8-12(16)11(9-14)13(17)15-3/h10-11H,4-8H2,1-3H3,(H,15,17)/t10-,11+/m0/s1. The molecule has 0 aliphatic heterocycles. The minimum Gasteiger partial charge on any atom is -0.358 e. The number of hydrogen-bond donors (Lipinski definition) is 1. The summed E-state index contributed by atoms with van der Waals surface area (Å²) in [4.78, 5) is 23.1. The number of amides is 1. The Kier molecular flexibility index (Phi) is 8.04. The summed E-state index contributed by atoms with van der Waals surface area (Å²) in [6, 6.07) is 1.78. The summed E-state index contributed by atoms with van der Waals surface area (Å²) in [5.74, 6) is -1.60. The Morgan fingerprint density at radius 2 is 2.00 bits per heavy atom. The summed E-state index contributed by atoms with van der Waals surface area (Å²) in [6.07, 6.45) is 4.43. The van der Waals surface area contributed by atoms with Crippen molar-refractivity contribution in [3.63, 3.8) is 0 Å². The highest BCUT2D eigenvalue weighted by atomic mass is 16.2. The number of unbranched alkanes of at least 4 members (excludes halogenated alkanes) is 1. The first-order chi connectivity index (χ1) is 8.10. The van der Waals surface area contributed by atoms with E-state index in [2.05, 4.69) is 12.2 Å². The lowest BCUT2D eigenvalue weighted by atomic mass is 9.89. The van der Waals surface area contributed by atoms with Crippen LogP contribution in [-0.2, 0) is 9.59 Å². The fourth-order valence-corrected chi connectivity index (χ4v) is 1.77. The van der Waals surface area contributed by atoms with Gasteiger partial charge in [0.15, 0.2) is 11.7 Å². The maximum atomic E-state index is 11.8. The fourth-order valence-electron chi connectivity index (χ4n) is 1.77. The SMILES string of the molecule is CCCC[C@H](CC)CC(=O)[C@@H](C#N)C(=O)NC. The van der Waals surface area contributed by atoms with E-state index >= 15 is 0 Å². The average molecular weight is 238 g/mol. The van der Waals surface area contributed by atoms with E-state index in [0.29, 0.717) is 12.3 Å². The monoisotopic (exact) mass is 238 g/mol. The Morgan fingerprint density at radius 1 is 1.35 bits per heavy atom. The van der Waals surface area contributed by atoms with Gasteiger partial charge in [-0.3, -0.25) is 9.59 Å². The minimum absolute atomic E-state index is 0.255. The molecule has 0 fully saturated rings. The second kappa shape index (κ2) is 8.74. The predicted molar refractivity (Wildman–Crippen MR) is 66.1 cm³/mol. The van der Waals surface area contributed by atoms with E-state index in [0.717, 1.165) is 25.7 Å². The van der Waals surface area contributed by atoms with Crippen LogP contribution in [0.5, 0.6) is 0 Å². The fraction of sp³-hybridized carbons (Fsp3) is 0.769. The predicted octanol–water partition coefficient (Wildman–Crippen LogP) is 2.05. The first-order valence-corrected chi connectivity index (χ1v) is 6.24. The molecule has 4 nitrogen and oxygen atoms in total. The molecule has 4 heteroatoms. The molecule has 2 atom stereocenters. The lowest BCUT2D eigenvalue weighted by molar-refractivity contribution is -0.131. The summed E-state index contributed by atoms with van der Waals surface area (Å²) in [6.45, 7) is 4.14. The van der Waals surface area contributed by atoms with E-state index < -0.39 is 11.8 Å². The number of Topliss-reactive ketones (excluding diaryl/α,β-unsaturated/α-hetero) is 1. The molecule has 0 radical (unpaired) electrons. The highest BCUT2D eigenvalue weighted by Gasteiger charge is 2.26. The largest absolute Gasteiger partial charge is 0.358 e. The summed E-state index contributed by atoms with van der Waals surface area (Å²) in [7, 11) is 1.44. The highest BCUT2D eigenvalue weighted by molar-refractivity contribution is 6.03. The van der Waals surface area contributed by atoms with E-state index in [4.69, 9.17) is 5.26 Å². The van der Waals surface area contributed by atoms with Crippen molar-refractivity contribution >= 4 is 11.7 Å². The second-order valence-electron chi connectivity index (χ2n) is 4.26. The maximum Gasteiger partial charge on any atom is 0.244 e. The van der Waals surface area contributed by atoms with E-state index in [1.165, 1.54) is 7.05 Å². The van der Waals surface area contributed by atoms with E-state index in [1.54, 1.807) is 6.07 Å². The van der Waals surface area contributed by atoms with Gasteiger partial charge in [-0.25, -0.2) is 0 Å². The number of hydrogen-bond acceptors (Lipinski definition) is 3. The maximum absolute atomic E-state index is 11.8. The van der Waals surface area contributed by atoms with Crippen LogP contribution in [0, 0.1) is 23.2 Å². The number of carbonyl (C=O) groups excluding carboxylic acids is 2. The van der Waals surface area contributed by atoms with Crippen LogP contribution >= 0.6 is 0 Å². The number of nitriles is 1. The Bertz CT molecular complexity index is 294. The molecular weight excluding hydrogens is 216 g/mol. The van der Waals surface area contributed by atoms with Crippen LogP contribution in [0.4, 0.5) is 0 Å². The molecule has 0 aromatic heterocycles. The Balaban J connectivity index is 4.38. The molecule has 0 heterocycles. The lowest BCUT2D eigenvalue weighted by Gasteiger charge is -2.14. The summed E-state index contributed by atoms with van der Waals surface area (Å²) in [5, 5.41) is 11.2. The third-order valence-electron chi connectivity index (χ3n) is 2.99. The number of ketones is 1. The number of rotatable bonds is 8. The van der Waals surface area contributed by atoms with Crippen molar-refractivity contribution in [3.8, 4) is 6.07 Å². The Morgan fingerprint density at radius 3 is 2.41 bits per heavy atom. The molecule has 0 saturated carbocycles. The van der Waals surface area contributed by atoms with Gasteiger partial charge in [0.2, 0.25) is 5.91 Å². The van der Waals surface area contributed by atoms with Crippen LogP contribution in [0.25, 0.3) is 0 Å². The molecule has 0 aromatic rings. The molecule has 0 aromatic carbocycles. The molecule has 0 aliphatic rings.